The van der Waals surface area contributed by atoms with Crippen LogP contribution in [0.25, 0.3) is 0 Å². The molecule has 0 bridgehead atoms. The van der Waals surface area contributed by atoms with Crippen LogP contribution in [-0.4, -0.2) is 25.0 Å². The van der Waals surface area contributed by atoms with Gasteiger partial charge in [-0.3, -0.25) is 4.79 Å². The normalized spacial score (nSPS) is 17.2. The van der Waals surface area contributed by atoms with E-state index in [9.17, 15) is 9.59 Å². The van der Waals surface area contributed by atoms with Crippen LogP contribution in [-0.2, 0) is 14.9 Å². The molecule has 4 heteroatoms. The van der Waals surface area contributed by atoms with Gasteiger partial charge in [0.05, 0.1) is 7.11 Å². The highest BCUT2D eigenvalue weighted by Gasteiger charge is 2.32. The number of methoxy groups -OCH3 is 1. The maximum absolute atomic E-state index is 12.6. The van der Waals surface area contributed by atoms with Crippen LogP contribution >= 0.6 is 0 Å². The van der Waals surface area contributed by atoms with E-state index in [2.05, 4.69) is 26.1 Å². The third-order valence-electron chi connectivity index (χ3n) is 4.88. The molecular formula is C20H29NO3. The Morgan fingerprint density at radius 1 is 1.08 bits per heavy atom. The van der Waals surface area contributed by atoms with E-state index in [0.717, 1.165) is 25.7 Å². The van der Waals surface area contributed by atoms with Crippen molar-refractivity contribution in [1.82, 2.24) is 5.32 Å². The molecule has 1 N–H and O–H groups in total. The fraction of sp³-hybridized carbons (Fsp3) is 0.600. The Hall–Kier alpha value is -1.84. The predicted molar refractivity (Wildman–Crippen MR) is 95.0 cm³/mol. The number of ether oxygens (including phenoxy) is 1. The topological polar surface area (TPSA) is 55.4 Å². The second-order valence-electron chi connectivity index (χ2n) is 7.70. The number of amides is 1. The molecule has 2 rings (SSSR count). The first-order valence-corrected chi connectivity index (χ1v) is 8.82. The molecule has 0 saturated heterocycles. The van der Waals surface area contributed by atoms with Crippen molar-refractivity contribution in [2.24, 2.45) is 5.92 Å². The third-order valence-corrected chi connectivity index (χ3v) is 4.88. The molecule has 24 heavy (non-hydrogen) atoms. The monoisotopic (exact) mass is 331 g/mol. The minimum Gasteiger partial charge on any atom is -0.467 e. The molecule has 1 aliphatic rings. The molecule has 1 aromatic rings. The largest absolute Gasteiger partial charge is 0.467 e. The molecule has 132 valence electrons. The van der Waals surface area contributed by atoms with Gasteiger partial charge in [0.2, 0.25) is 0 Å². The minimum atomic E-state index is -0.551. The quantitative estimate of drug-likeness (QED) is 0.853. The summed E-state index contributed by atoms with van der Waals surface area (Å²) in [5, 5.41) is 2.90. The van der Waals surface area contributed by atoms with Crippen LogP contribution < -0.4 is 5.32 Å². The van der Waals surface area contributed by atoms with Crippen LogP contribution in [0.2, 0.25) is 0 Å². The highest BCUT2D eigenvalue weighted by Crippen LogP contribution is 2.27. The lowest BCUT2D eigenvalue weighted by Crippen LogP contribution is -2.47. The van der Waals surface area contributed by atoms with E-state index in [1.54, 1.807) is 0 Å². The lowest BCUT2D eigenvalue weighted by molar-refractivity contribution is -0.144. The van der Waals surface area contributed by atoms with E-state index in [1.165, 1.54) is 19.1 Å². The molecule has 1 fully saturated rings. The summed E-state index contributed by atoms with van der Waals surface area (Å²) < 4.78 is 4.91. The Bertz CT molecular complexity index is 566. The Balaban J connectivity index is 2.10. The van der Waals surface area contributed by atoms with Crippen molar-refractivity contribution in [3.05, 3.63) is 35.4 Å². The number of benzene rings is 1. The minimum absolute atomic E-state index is 0.0473. The molecular weight excluding hydrogens is 302 g/mol. The number of hydrogen-bond acceptors (Lipinski definition) is 3. The Morgan fingerprint density at radius 3 is 2.17 bits per heavy atom. The molecule has 1 amide bonds. The number of hydrogen-bond donors (Lipinski definition) is 1. The number of carbonyl (C=O) groups is 2. The first-order chi connectivity index (χ1) is 11.3. The van der Waals surface area contributed by atoms with Gasteiger partial charge in [-0.2, -0.15) is 0 Å². The molecule has 0 radical (unpaired) electrons. The zero-order valence-corrected chi connectivity index (χ0v) is 15.2. The number of carbonyl (C=O) groups excluding carboxylic acids is 2. The molecule has 0 unspecified atom stereocenters. The van der Waals surface area contributed by atoms with Gasteiger partial charge in [-0.25, -0.2) is 4.79 Å². The summed E-state index contributed by atoms with van der Waals surface area (Å²) in [6, 6.07) is 7.05. The second-order valence-corrected chi connectivity index (χ2v) is 7.70. The van der Waals surface area contributed by atoms with Crippen LogP contribution in [0.1, 0.15) is 68.8 Å². The molecule has 0 heterocycles. The molecule has 1 atom stereocenters. The zero-order chi connectivity index (χ0) is 17.7. The van der Waals surface area contributed by atoms with Crippen molar-refractivity contribution in [2.75, 3.05) is 7.11 Å². The summed E-state index contributed by atoms with van der Waals surface area (Å²) in [6.07, 6.45) is 5.33. The molecule has 0 aromatic heterocycles. The van der Waals surface area contributed by atoms with Crippen LogP contribution in [0.5, 0.6) is 0 Å². The average Bonchev–Trinajstić information content (AvgIpc) is 2.59. The summed E-state index contributed by atoms with van der Waals surface area (Å²) in [5.41, 5.74) is 1.80. The highest BCUT2D eigenvalue weighted by molar-refractivity contribution is 5.96. The van der Waals surface area contributed by atoms with E-state index in [0.29, 0.717) is 5.56 Å². The van der Waals surface area contributed by atoms with Crippen molar-refractivity contribution >= 4 is 11.9 Å². The zero-order valence-electron chi connectivity index (χ0n) is 15.2. The van der Waals surface area contributed by atoms with Gasteiger partial charge in [0.25, 0.3) is 5.91 Å². The van der Waals surface area contributed by atoms with Gasteiger partial charge in [0.15, 0.2) is 0 Å². The van der Waals surface area contributed by atoms with Gasteiger partial charge < -0.3 is 10.1 Å². The lowest BCUT2D eigenvalue weighted by atomic mass is 9.83. The van der Waals surface area contributed by atoms with Gasteiger partial charge in [-0.15, -0.1) is 0 Å². The Labute approximate surface area is 145 Å². The Morgan fingerprint density at radius 2 is 1.67 bits per heavy atom. The third kappa shape index (κ3) is 4.59. The molecule has 1 aromatic carbocycles. The summed E-state index contributed by atoms with van der Waals surface area (Å²) in [5.74, 6) is -0.387. The van der Waals surface area contributed by atoms with Gasteiger partial charge in [-0.1, -0.05) is 52.2 Å². The van der Waals surface area contributed by atoms with E-state index < -0.39 is 6.04 Å². The van der Waals surface area contributed by atoms with E-state index in [4.69, 9.17) is 4.74 Å². The lowest BCUT2D eigenvalue weighted by Gasteiger charge is -2.29. The van der Waals surface area contributed by atoms with Crippen molar-refractivity contribution in [2.45, 2.75) is 64.3 Å². The van der Waals surface area contributed by atoms with Gasteiger partial charge >= 0.3 is 5.97 Å². The van der Waals surface area contributed by atoms with Crippen LogP contribution in [0.3, 0.4) is 0 Å². The first-order valence-electron chi connectivity index (χ1n) is 8.82. The summed E-state index contributed by atoms with van der Waals surface area (Å²) >= 11 is 0. The average molecular weight is 331 g/mol. The van der Waals surface area contributed by atoms with Gasteiger partial charge in [0, 0.05) is 5.56 Å². The SMILES string of the molecule is COC(=O)[C@H](NC(=O)c1ccc(C(C)(C)C)cc1)C1CCCCC1. The fourth-order valence-electron chi connectivity index (χ4n) is 3.31. The summed E-state index contributed by atoms with van der Waals surface area (Å²) in [6.45, 7) is 6.41. The number of rotatable bonds is 4. The van der Waals surface area contributed by atoms with Crippen molar-refractivity contribution in [3.63, 3.8) is 0 Å². The Kier molecular flexibility index (Phi) is 6.03. The van der Waals surface area contributed by atoms with Crippen molar-refractivity contribution in [3.8, 4) is 0 Å². The van der Waals surface area contributed by atoms with E-state index >= 15 is 0 Å². The molecule has 1 aliphatic carbocycles. The van der Waals surface area contributed by atoms with Gasteiger partial charge in [0.1, 0.15) is 6.04 Å². The van der Waals surface area contributed by atoms with Crippen molar-refractivity contribution in [1.29, 1.82) is 0 Å². The summed E-state index contributed by atoms with van der Waals surface area (Å²) in [7, 11) is 1.38. The smallest absolute Gasteiger partial charge is 0.328 e. The first kappa shape index (κ1) is 18.5. The standard InChI is InChI=1S/C20H29NO3/c1-20(2,3)16-12-10-15(11-13-16)18(22)21-17(19(23)24-4)14-8-6-5-7-9-14/h10-14,17H,5-9H2,1-4H3,(H,21,22)/t17-/m1/s1. The maximum Gasteiger partial charge on any atom is 0.328 e. The molecule has 1 saturated carbocycles. The highest BCUT2D eigenvalue weighted by atomic mass is 16.5. The summed E-state index contributed by atoms with van der Waals surface area (Å²) in [4.78, 5) is 24.7. The maximum atomic E-state index is 12.6. The van der Waals surface area contributed by atoms with Crippen LogP contribution in [0.15, 0.2) is 24.3 Å². The second kappa shape index (κ2) is 7.82. The van der Waals surface area contributed by atoms with Crippen LogP contribution in [0, 0.1) is 5.92 Å². The van der Waals surface area contributed by atoms with Crippen molar-refractivity contribution < 1.29 is 14.3 Å². The molecule has 4 nitrogen and oxygen atoms in total. The molecule has 0 aliphatic heterocycles. The number of nitrogens with one attached hydrogen (secondary N) is 1. The van der Waals surface area contributed by atoms with Crippen LogP contribution in [0.4, 0.5) is 0 Å². The van der Waals surface area contributed by atoms with Gasteiger partial charge in [-0.05, 0) is 41.9 Å². The van der Waals surface area contributed by atoms with E-state index in [1.807, 2.05) is 24.3 Å². The number of esters is 1. The predicted octanol–water partition coefficient (Wildman–Crippen LogP) is 3.84. The van der Waals surface area contributed by atoms with E-state index in [-0.39, 0.29) is 23.2 Å². The fourth-order valence-corrected chi connectivity index (χ4v) is 3.31. The molecule has 0 spiro atoms.